The first kappa shape index (κ1) is 18.6. The second-order valence-electron chi connectivity index (χ2n) is 5.56. The topological polar surface area (TPSA) is 32.3 Å². The summed E-state index contributed by atoms with van der Waals surface area (Å²) in [5, 5.41) is 4.33. The van der Waals surface area contributed by atoms with Crippen LogP contribution in [0.2, 0.25) is 10.0 Å². The zero-order valence-corrected chi connectivity index (χ0v) is 14.6. The molecule has 1 heterocycles. The van der Waals surface area contributed by atoms with Crippen LogP contribution in [-0.4, -0.2) is 30.4 Å². The molecule has 118 valence electrons. The van der Waals surface area contributed by atoms with Crippen LogP contribution in [-0.2, 0) is 11.3 Å². The van der Waals surface area contributed by atoms with Crippen molar-refractivity contribution in [1.29, 1.82) is 0 Å². The zero-order chi connectivity index (χ0) is 14.8. The SMILES string of the molecule is CCN(Cc1ccc(Cl)c(Cl)c1)C(=O)C1(C)CCNC1.Cl. The molecular weight excluding hydrogens is 331 g/mol. The third-order valence-electron chi connectivity index (χ3n) is 3.91. The van der Waals surface area contributed by atoms with Gasteiger partial charge in [0, 0.05) is 19.6 Å². The molecule has 0 aromatic heterocycles. The standard InChI is InChI=1S/C15H20Cl2N2O.ClH/c1-3-19(14(20)15(2)6-7-18-10-15)9-11-4-5-12(16)13(17)8-11;/h4-5,8,18H,3,6-7,9-10H2,1-2H3;1H. The first-order chi connectivity index (χ1) is 9.46. The first-order valence-electron chi connectivity index (χ1n) is 6.90. The molecule has 21 heavy (non-hydrogen) atoms. The molecule has 3 nitrogen and oxygen atoms in total. The minimum absolute atomic E-state index is 0. The molecule has 0 radical (unpaired) electrons. The van der Waals surface area contributed by atoms with Gasteiger partial charge in [-0.1, -0.05) is 29.3 Å². The van der Waals surface area contributed by atoms with E-state index >= 15 is 0 Å². The second kappa shape index (κ2) is 7.68. The van der Waals surface area contributed by atoms with Gasteiger partial charge < -0.3 is 10.2 Å². The smallest absolute Gasteiger partial charge is 0.230 e. The number of hydrogen-bond acceptors (Lipinski definition) is 2. The Balaban J connectivity index is 0.00000220. The Morgan fingerprint density at radius 1 is 1.38 bits per heavy atom. The van der Waals surface area contributed by atoms with Crippen molar-refractivity contribution in [2.75, 3.05) is 19.6 Å². The van der Waals surface area contributed by atoms with Crippen LogP contribution < -0.4 is 5.32 Å². The van der Waals surface area contributed by atoms with Crippen LogP contribution in [0.4, 0.5) is 0 Å². The molecule has 0 spiro atoms. The molecule has 6 heteroatoms. The Labute approximate surface area is 142 Å². The van der Waals surface area contributed by atoms with Gasteiger partial charge in [0.05, 0.1) is 15.5 Å². The molecular formula is C15H21Cl3N2O. The number of carbonyl (C=O) groups is 1. The summed E-state index contributed by atoms with van der Waals surface area (Å²) in [5.41, 5.74) is 0.718. The van der Waals surface area contributed by atoms with Crippen molar-refractivity contribution in [3.8, 4) is 0 Å². The van der Waals surface area contributed by atoms with Crippen LogP contribution in [0.15, 0.2) is 18.2 Å². The predicted octanol–water partition coefficient (Wildman–Crippen LogP) is 3.76. The van der Waals surface area contributed by atoms with E-state index in [0.717, 1.165) is 25.1 Å². The lowest BCUT2D eigenvalue weighted by atomic mass is 9.88. The Morgan fingerprint density at radius 3 is 2.62 bits per heavy atom. The summed E-state index contributed by atoms with van der Waals surface area (Å²) in [6.45, 7) is 6.96. The van der Waals surface area contributed by atoms with E-state index in [2.05, 4.69) is 5.32 Å². The van der Waals surface area contributed by atoms with Gasteiger partial charge in [-0.3, -0.25) is 4.79 Å². The molecule has 1 saturated heterocycles. The molecule has 2 rings (SSSR count). The first-order valence-corrected chi connectivity index (χ1v) is 7.66. The van der Waals surface area contributed by atoms with E-state index in [4.69, 9.17) is 23.2 Å². The summed E-state index contributed by atoms with van der Waals surface area (Å²) in [6.07, 6.45) is 0.893. The van der Waals surface area contributed by atoms with Gasteiger partial charge in [-0.25, -0.2) is 0 Å². The molecule has 1 aliphatic heterocycles. The number of halogens is 3. The second-order valence-corrected chi connectivity index (χ2v) is 6.37. The lowest BCUT2D eigenvalue weighted by Gasteiger charge is -2.30. The molecule has 1 aromatic carbocycles. The van der Waals surface area contributed by atoms with E-state index in [1.807, 2.05) is 30.9 Å². The molecule has 0 aliphatic carbocycles. The van der Waals surface area contributed by atoms with Crippen molar-refractivity contribution in [2.45, 2.75) is 26.8 Å². The Morgan fingerprint density at radius 2 is 2.10 bits per heavy atom. The molecule has 1 aliphatic rings. The summed E-state index contributed by atoms with van der Waals surface area (Å²) >= 11 is 11.9. The van der Waals surface area contributed by atoms with E-state index in [-0.39, 0.29) is 23.7 Å². The van der Waals surface area contributed by atoms with Crippen molar-refractivity contribution in [2.24, 2.45) is 5.41 Å². The van der Waals surface area contributed by atoms with E-state index in [1.54, 1.807) is 6.07 Å². The minimum Gasteiger partial charge on any atom is -0.338 e. The van der Waals surface area contributed by atoms with Gasteiger partial charge in [0.2, 0.25) is 5.91 Å². The highest BCUT2D eigenvalue weighted by atomic mass is 35.5. The maximum absolute atomic E-state index is 12.7. The van der Waals surface area contributed by atoms with Crippen molar-refractivity contribution >= 4 is 41.5 Å². The van der Waals surface area contributed by atoms with Gasteiger partial charge in [-0.15, -0.1) is 12.4 Å². The molecule has 1 aromatic rings. The lowest BCUT2D eigenvalue weighted by Crippen LogP contribution is -2.43. The fourth-order valence-electron chi connectivity index (χ4n) is 2.57. The molecule has 1 atom stereocenters. The van der Waals surface area contributed by atoms with Crippen molar-refractivity contribution in [1.82, 2.24) is 10.2 Å². The van der Waals surface area contributed by atoms with Gasteiger partial charge in [0.25, 0.3) is 0 Å². The van der Waals surface area contributed by atoms with Gasteiger partial charge in [0.15, 0.2) is 0 Å². The lowest BCUT2D eigenvalue weighted by molar-refractivity contribution is -0.140. The van der Waals surface area contributed by atoms with Crippen LogP contribution >= 0.6 is 35.6 Å². The van der Waals surface area contributed by atoms with E-state index in [9.17, 15) is 4.79 Å². The fraction of sp³-hybridized carbons (Fsp3) is 0.533. The van der Waals surface area contributed by atoms with Crippen molar-refractivity contribution in [3.63, 3.8) is 0 Å². The van der Waals surface area contributed by atoms with Crippen LogP contribution in [0.3, 0.4) is 0 Å². The molecule has 1 amide bonds. The van der Waals surface area contributed by atoms with Crippen LogP contribution in [0.5, 0.6) is 0 Å². The summed E-state index contributed by atoms with van der Waals surface area (Å²) < 4.78 is 0. The Kier molecular flexibility index (Phi) is 6.79. The normalized spacial score (nSPS) is 21.0. The number of hydrogen-bond donors (Lipinski definition) is 1. The third-order valence-corrected chi connectivity index (χ3v) is 4.65. The van der Waals surface area contributed by atoms with Crippen molar-refractivity contribution in [3.05, 3.63) is 33.8 Å². The van der Waals surface area contributed by atoms with E-state index in [0.29, 0.717) is 23.1 Å². The third kappa shape index (κ3) is 4.26. The van der Waals surface area contributed by atoms with Crippen LogP contribution in [0, 0.1) is 5.41 Å². The maximum atomic E-state index is 12.7. The zero-order valence-electron chi connectivity index (χ0n) is 12.3. The van der Waals surface area contributed by atoms with Crippen LogP contribution in [0.1, 0.15) is 25.8 Å². The Bertz CT molecular complexity index is 502. The van der Waals surface area contributed by atoms with Crippen molar-refractivity contribution < 1.29 is 4.79 Å². The predicted molar refractivity (Wildman–Crippen MR) is 90.4 cm³/mol. The summed E-state index contributed by atoms with van der Waals surface area (Å²) in [4.78, 5) is 14.6. The maximum Gasteiger partial charge on any atom is 0.230 e. The quantitative estimate of drug-likeness (QED) is 0.895. The number of nitrogens with one attached hydrogen (secondary N) is 1. The fourth-order valence-corrected chi connectivity index (χ4v) is 2.89. The average molecular weight is 352 g/mol. The monoisotopic (exact) mass is 350 g/mol. The summed E-state index contributed by atoms with van der Waals surface area (Å²) in [6, 6.07) is 5.52. The van der Waals surface area contributed by atoms with Gasteiger partial charge in [-0.2, -0.15) is 0 Å². The van der Waals surface area contributed by atoms with Gasteiger partial charge in [-0.05, 0) is 44.5 Å². The average Bonchev–Trinajstić information content (AvgIpc) is 2.87. The Hall–Kier alpha value is -0.480. The highest BCUT2D eigenvalue weighted by Gasteiger charge is 2.38. The van der Waals surface area contributed by atoms with E-state index in [1.165, 1.54) is 0 Å². The van der Waals surface area contributed by atoms with Gasteiger partial charge >= 0.3 is 0 Å². The number of benzene rings is 1. The highest BCUT2D eigenvalue weighted by molar-refractivity contribution is 6.42. The number of nitrogens with zero attached hydrogens (tertiary/aromatic N) is 1. The van der Waals surface area contributed by atoms with E-state index < -0.39 is 0 Å². The molecule has 1 unspecified atom stereocenters. The molecule has 0 saturated carbocycles. The minimum atomic E-state index is -0.285. The number of amides is 1. The number of carbonyl (C=O) groups excluding carboxylic acids is 1. The summed E-state index contributed by atoms with van der Waals surface area (Å²) in [5.74, 6) is 0.205. The highest BCUT2D eigenvalue weighted by Crippen LogP contribution is 2.29. The largest absolute Gasteiger partial charge is 0.338 e. The molecule has 1 fully saturated rings. The number of rotatable bonds is 4. The van der Waals surface area contributed by atoms with Crippen LogP contribution in [0.25, 0.3) is 0 Å². The molecule has 0 bridgehead atoms. The van der Waals surface area contributed by atoms with Gasteiger partial charge in [0.1, 0.15) is 0 Å². The molecule has 1 N–H and O–H groups in total. The summed E-state index contributed by atoms with van der Waals surface area (Å²) in [7, 11) is 0.